The Bertz CT molecular complexity index is 1390. The number of carbonyl (C=O) groups is 2. The average molecular weight is 630 g/mol. The average Bonchev–Trinajstić information content (AvgIpc) is 3.08. The number of aliphatic hydroxyl groups excluding tert-OH is 1. The lowest BCUT2D eigenvalue weighted by molar-refractivity contribution is -0.253. The predicted octanol–water partition coefficient (Wildman–Crippen LogP) is 5.95. The fourth-order valence-corrected chi connectivity index (χ4v) is 6.34. The van der Waals surface area contributed by atoms with Crippen LogP contribution in [0.15, 0.2) is 72.8 Å². The van der Waals surface area contributed by atoms with Crippen LogP contribution >= 0.6 is 0 Å². The summed E-state index contributed by atoms with van der Waals surface area (Å²) in [6, 6.07) is 24.3. The van der Waals surface area contributed by atoms with Gasteiger partial charge in [0.1, 0.15) is 0 Å². The van der Waals surface area contributed by atoms with E-state index in [0.29, 0.717) is 13.0 Å². The van der Waals surface area contributed by atoms with E-state index in [2.05, 4.69) is 46.6 Å². The van der Waals surface area contributed by atoms with Gasteiger partial charge in [0.2, 0.25) is 11.8 Å². The number of nitrogens with one attached hydrogen (secondary N) is 2. The molecule has 4 N–H and O–H groups in total. The summed E-state index contributed by atoms with van der Waals surface area (Å²) in [5, 5.41) is 21.1. The molecular weight excluding hydrogens is 582 g/mol. The lowest BCUT2D eigenvalue weighted by Crippen LogP contribution is -2.40. The highest BCUT2D eigenvalue weighted by molar-refractivity contribution is 5.78. The van der Waals surface area contributed by atoms with Crippen molar-refractivity contribution in [2.75, 3.05) is 19.6 Å². The fraction of sp³-hybridized carbons (Fsp3) is 0.459. The zero-order valence-corrected chi connectivity index (χ0v) is 26.5. The van der Waals surface area contributed by atoms with Crippen molar-refractivity contribution in [3.05, 3.63) is 95.1 Å². The molecule has 2 amide bonds. The topological polar surface area (TPSA) is 120 Å². The number of ether oxygens (including phenoxy) is 2. The van der Waals surface area contributed by atoms with Crippen molar-refractivity contribution in [3.8, 4) is 11.1 Å². The largest absolute Gasteiger partial charge is 0.392 e. The van der Waals surface area contributed by atoms with Crippen molar-refractivity contribution in [2.24, 2.45) is 0 Å². The van der Waals surface area contributed by atoms with E-state index < -0.39 is 12.2 Å². The minimum Gasteiger partial charge on any atom is -0.392 e. The van der Waals surface area contributed by atoms with E-state index in [1.54, 1.807) is 5.48 Å². The Kier molecular flexibility index (Phi) is 12.7. The highest BCUT2D eigenvalue weighted by Crippen LogP contribution is 2.39. The molecule has 0 bridgehead atoms. The normalized spacial score (nSPS) is 20.8. The van der Waals surface area contributed by atoms with E-state index in [-0.39, 0.29) is 37.6 Å². The van der Waals surface area contributed by atoms with E-state index in [9.17, 15) is 14.7 Å². The fourth-order valence-electron chi connectivity index (χ4n) is 6.34. The Hall–Kier alpha value is -3.60. The minimum absolute atomic E-state index is 0.0163. The number of benzene rings is 3. The Balaban J connectivity index is 1.28. The number of hydrogen-bond acceptors (Lipinski definition) is 7. The maximum atomic E-state index is 12.4. The summed E-state index contributed by atoms with van der Waals surface area (Å²) in [6.07, 6.45) is 7.22. The second-order valence-corrected chi connectivity index (χ2v) is 12.4. The third-order valence-electron chi connectivity index (χ3n) is 8.95. The summed E-state index contributed by atoms with van der Waals surface area (Å²) in [5.74, 6) is -0.644. The molecule has 246 valence electrons. The zero-order valence-electron chi connectivity index (χ0n) is 26.5. The molecule has 0 aliphatic carbocycles. The van der Waals surface area contributed by atoms with Gasteiger partial charge in [0.05, 0.1) is 18.8 Å². The van der Waals surface area contributed by atoms with Crippen LogP contribution in [0, 0.1) is 0 Å². The lowest BCUT2D eigenvalue weighted by atomic mass is 9.97. The van der Waals surface area contributed by atoms with Gasteiger partial charge < -0.3 is 24.8 Å². The Labute approximate surface area is 271 Å². The van der Waals surface area contributed by atoms with E-state index in [4.69, 9.17) is 14.7 Å². The van der Waals surface area contributed by atoms with Crippen molar-refractivity contribution >= 4 is 11.8 Å². The van der Waals surface area contributed by atoms with Crippen LogP contribution in [0.3, 0.4) is 0 Å². The maximum absolute atomic E-state index is 12.4. The van der Waals surface area contributed by atoms with Crippen molar-refractivity contribution in [1.82, 2.24) is 15.7 Å². The van der Waals surface area contributed by atoms with E-state index in [0.717, 1.165) is 59.4 Å². The molecule has 3 atom stereocenters. The lowest BCUT2D eigenvalue weighted by Gasteiger charge is -2.39. The van der Waals surface area contributed by atoms with Gasteiger partial charge in [-0.2, -0.15) is 0 Å². The number of rotatable bonds is 12. The number of hydrogen-bond donors (Lipinski definition) is 4. The second kappa shape index (κ2) is 17.4. The van der Waals surface area contributed by atoms with Gasteiger partial charge in [-0.1, -0.05) is 92.1 Å². The van der Waals surface area contributed by atoms with E-state index in [1.165, 1.54) is 32.1 Å². The Morgan fingerprint density at radius 2 is 1.48 bits per heavy atom. The van der Waals surface area contributed by atoms with Crippen LogP contribution in [-0.4, -0.2) is 52.8 Å². The van der Waals surface area contributed by atoms with Gasteiger partial charge in [0.15, 0.2) is 6.29 Å². The molecule has 2 aliphatic rings. The number of hydroxylamine groups is 1. The number of nitrogens with zero attached hydrogens (tertiary/aromatic N) is 1. The minimum atomic E-state index is -0.507. The second-order valence-electron chi connectivity index (χ2n) is 12.4. The van der Waals surface area contributed by atoms with Crippen LogP contribution in [0.2, 0.25) is 0 Å². The molecule has 2 fully saturated rings. The van der Waals surface area contributed by atoms with Gasteiger partial charge in [-0.3, -0.25) is 14.8 Å². The van der Waals surface area contributed by atoms with Crippen molar-refractivity contribution in [1.29, 1.82) is 0 Å². The third-order valence-corrected chi connectivity index (χ3v) is 8.95. The first-order valence-corrected chi connectivity index (χ1v) is 16.6. The quantitative estimate of drug-likeness (QED) is 0.144. The molecule has 0 radical (unpaired) electrons. The van der Waals surface area contributed by atoms with Gasteiger partial charge in [-0.15, -0.1) is 0 Å². The molecule has 3 aromatic rings. The number of amides is 2. The first kappa shape index (κ1) is 33.8. The first-order chi connectivity index (χ1) is 22.5. The Morgan fingerprint density at radius 1 is 0.804 bits per heavy atom. The predicted molar refractivity (Wildman–Crippen MR) is 175 cm³/mol. The number of aliphatic hydroxyl groups is 1. The summed E-state index contributed by atoms with van der Waals surface area (Å²) >= 11 is 0. The van der Waals surface area contributed by atoms with Gasteiger partial charge >= 0.3 is 0 Å². The van der Waals surface area contributed by atoms with Gasteiger partial charge in [-0.25, -0.2) is 5.48 Å². The summed E-state index contributed by atoms with van der Waals surface area (Å²) in [4.78, 5) is 26.1. The zero-order chi connectivity index (χ0) is 32.1. The highest BCUT2D eigenvalue weighted by Gasteiger charge is 2.33. The first-order valence-electron chi connectivity index (χ1n) is 16.6. The number of carbonyl (C=O) groups excluding carboxylic acids is 2. The molecule has 46 heavy (non-hydrogen) atoms. The van der Waals surface area contributed by atoms with Crippen LogP contribution in [-0.2, 0) is 32.2 Å². The molecule has 0 saturated carbocycles. The van der Waals surface area contributed by atoms with Crippen molar-refractivity contribution in [2.45, 2.75) is 89.4 Å². The standard InChI is InChI=1S/C37H47N3O6/c41-26-27-13-15-29(16-14-27)34-23-32(25-40-21-6-2-1-3-7-22-40)45-37(46-34)30-19-17-28(18-20-30)33-10-5-4-9-31(33)24-38-35(42)11-8-12-36(43)39-44/h4-5,9-10,13-20,32,34,37,41,44H,1-3,6-8,11-12,21-26H2,(H,38,42)(H,39,43). The number of likely N-dealkylation sites (tertiary alicyclic amines) is 1. The van der Waals surface area contributed by atoms with Gasteiger partial charge in [0, 0.05) is 37.9 Å². The van der Waals surface area contributed by atoms with Gasteiger partial charge in [-0.05, 0) is 60.2 Å². The van der Waals surface area contributed by atoms with Crippen LogP contribution in [0.4, 0.5) is 0 Å². The molecule has 3 aromatic carbocycles. The summed E-state index contributed by atoms with van der Waals surface area (Å²) < 4.78 is 13.2. The molecule has 0 aromatic heterocycles. The van der Waals surface area contributed by atoms with Gasteiger partial charge in [0.25, 0.3) is 0 Å². The molecule has 9 heteroatoms. The Morgan fingerprint density at radius 3 is 2.20 bits per heavy atom. The SMILES string of the molecule is O=C(CCCC(=O)NCc1ccccc1-c1ccc(C2OC(CN3CCCCCCC3)CC(c3ccc(CO)cc3)O2)cc1)NO. The van der Waals surface area contributed by atoms with E-state index >= 15 is 0 Å². The van der Waals surface area contributed by atoms with E-state index in [1.807, 2.05) is 36.4 Å². The molecule has 9 nitrogen and oxygen atoms in total. The van der Waals surface area contributed by atoms with Crippen LogP contribution in [0.25, 0.3) is 11.1 Å². The molecular formula is C37H47N3O6. The molecule has 2 heterocycles. The summed E-state index contributed by atoms with van der Waals surface area (Å²) in [7, 11) is 0. The maximum Gasteiger partial charge on any atom is 0.243 e. The molecule has 5 rings (SSSR count). The molecule has 0 spiro atoms. The van der Waals surface area contributed by atoms with Crippen molar-refractivity contribution < 1.29 is 29.4 Å². The monoisotopic (exact) mass is 629 g/mol. The summed E-state index contributed by atoms with van der Waals surface area (Å²) in [5.41, 5.74) is 7.55. The van der Waals surface area contributed by atoms with Crippen LogP contribution in [0.1, 0.15) is 92.4 Å². The van der Waals surface area contributed by atoms with Crippen molar-refractivity contribution in [3.63, 3.8) is 0 Å². The van der Waals surface area contributed by atoms with Crippen LogP contribution in [0.5, 0.6) is 0 Å². The third kappa shape index (κ3) is 9.70. The molecule has 2 aliphatic heterocycles. The van der Waals surface area contributed by atoms with Crippen LogP contribution < -0.4 is 10.8 Å². The smallest absolute Gasteiger partial charge is 0.243 e. The molecule has 3 unspecified atom stereocenters. The highest BCUT2D eigenvalue weighted by atomic mass is 16.7. The summed E-state index contributed by atoms with van der Waals surface area (Å²) in [6.45, 7) is 3.49. The molecule has 2 saturated heterocycles.